The molecule has 6 heteroatoms. The van der Waals surface area contributed by atoms with E-state index in [0.29, 0.717) is 31.6 Å². The van der Waals surface area contributed by atoms with Crippen LogP contribution in [0, 0.1) is 0 Å². The van der Waals surface area contributed by atoms with Crippen LogP contribution < -0.4 is 5.56 Å². The molecule has 6 nitrogen and oxygen atoms in total. The summed E-state index contributed by atoms with van der Waals surface area (Å²) in [4.78, 5) is 39.2. The molecule has 3 heterocycles. The second kappa shape index (κ2) is 4.77. The minimum atomic E-state index is -0.189. The highest BCUT2D eigenvalue weighted by atomic mass is 16.2. The highest BCUT2D eigenvalue weighted by Crippen LogP contribution is 2.23. The Morgan fingerprint density at radius 1 is 1.30 bits per heavy atom. The molecule has 1 atom stereocenters. The number of piperazine rings is 1. The fourth-order valence-electron chi connectivity index (χ4n) is 2.91. The number of amides is 2. The van der Waals surface area contributed by atoms with E-state index in [1.54, 1.807) is 24.2 Å². The predicted octanol–water partition coefficient (Wildman–Crippen LogP) is -0.168. The van der Waals surface area contributed by atoms with E-state index in [1.165, 1.54) is 10.6 Å². The summed E-state index contributed by atoms with van der Waals surface area (Å²) in [6.45, 7) is 1.70. The molecule has 2 aliphatic rings. The van der Waals surface area contributed by atoms with Gasteiger partial charge in [-0.15, -0.1) is 0 Å². The number of nitrogens with zero attached hydrogens (tertiary/aromatic N) is 3. The number of rotatable bonds is 1. The third-order valence-electron chi connectivity index (χ3n) is 4.13. The number of carbonyl (C=O) groups is 2. The Balaban J connectivity index is 1.76. The molecule has 1 aromatic rings. The first-order chi connectivity index (χ1) is 9.56. The smallest absolute Gasteiger partial charge is 0.254 e. The Morgan fingerprint density at radius 3 is 2.85 bits per heavy atom. The van der Waals surface area contributed by atoms with Crippen molar-refractivity contribution in [2.45, 2.75) is 18.9 Å². The summed E-state index contributed by atoms with van der Waals surface area (Å²) in [5, 5.41) is 0. The third-order valence-corrected chi connectivity index (χ3v) is 4.13. The first kappa shape index (κ1) is 12.9. The quantitative estimate of drug-likeness (QED) is 0.715. The van der Waals surface area contributed by atoms with E-state index in [1.807, 2.05) is 4.90 Å². The standard InChI is InChI=1S/C14H17N3O3/c1-15-5-4-10(8-13(15)19)14(20)16-6-7-17-11(9-16)2-3-12(17)18/h4-5,8,11H,2-3,6-7,9H2,1H3. The molecule has 0 N–H and O–H groups in total. The van der Waals surface area contributed by atoms with Crippen molar-refractivity contribution in [1.82, 2.24) is 14.4 Å². The van der Waals surface area contributed by atoms with E-state index < -0.39 is 0 Å². The Bertz CT molecular complexity index is 622. The van der Waals surface area contributed by atoms with Crippen LogP contribution in [0.1, 0.15) is 23.2 Å². The molecule has 0 bridgehead atoms. The van der Waals surface area contributed by atoms with Crippen molar-refractivity contribution >= 4 is 11.8 Å². The molecule has 1 aromatic heterocycles. The van der Waals surface area contributed by atoms with Gasteiger partial charge in [-0.1, -0.05) is 0 Å². The lowest BCUT2D eigenvalue weighted by atomic mass is 10.1. The van der Waals surface area contributed by atoms with Gasteiger partial charge in [0.05, 0.1) is 0 Å². The summed E-state index contributed by atoms with van der Waals surface area (Å²) in [7, 11) is 1.65. The summed E-state index contributed by atoms with van der Waals surface area (Å²) in [5.74, 6) is 0.0670. The number of aryl methyl sites for hydroxylation is 1. The summed E-state index contributed by atoms with van der Waals surface area (Å²) >= 11 is 0. The first-order valence-electron chi connectivity index (χ1n) is 6.81. The highest BCUT2D eigenvalue weighted by molar-refractivity contribution is 5.94. The molecule has 1 unspecified atom stereocenters. The second-order valence-corrected chi connectivity index (χ2v) is 5.40. The average Bonchev–Trinajstić information content (AvgIpc) is 2.82. The topological polar surface area (TPSA) is 62.6 Å². The van der Waals surface area contributed by atoms with Crippen LogP contribution in [-0.4, -0.2) is 51.9 Å². The minimum Gasteiger partial charge on any atom is -0.336 e. The molecule has 0 radical (unpaired) electrons. The second-order valence-electron chi connectivity index (χ2n) is 5.40. The largest absolute Gasteiger partial charge is 0.336 e. The van der Waals surface area contributed by atoms with E-state index in [-0.39, 0.29) is 23.4 Å². The van der Waals surface area contributed by atoms with Crippen molar-refractivity contribution in [2.24, 2.45) is 7.05 Å². The lowest BCUT2D eigenvalue weighted by molar-refractivity contribution is -0.130. The van der Waals surface area contributed by atoms with Crippen molar-refractivity contribution in [1.29, 1.82) is 0 Å². The van der Waals surface area contributed by atoms with Crippen LogP contribution in [-0.2, 0) is 11.8 Å². The fourth-order valence-corrected chi connectivity index (χ4v) is 2.91. The van der Waals surface area contributed by atoms with Crippen molar-refractivity contribution in [3.63, 3.8) is 0 Å². The van der Waals surface area contributed by atoms with Gasteiger partial charge >= 0.3 is 0 Å². The molecule has 2 fully saturated rings. The van der Waals surface area contributed by atoms with Gasteiger partial charge in [-0.3, -0.25) is 14.4 Å². The van der Waals surface area contributed by atoms with Crippen LogP contribution in [0.2, 0.25) is 0 Å². The van der Waals surface area contributed by atoms with Gasteiger partial charge in [0, 0.05) is 57.0 Å². The van der Waals surface area contributed by atoms with Crippen molar-refractivity contribution < 1.29 is 9.59 Å². The first-order valence-corrected chi connectivity index (χ1v) is 6.81. The molecule has 0 saturated carbocycles. The Labute approximate surface area is 116 Å². The molecule has 0 aliphatic carbocycles. The number of carbonyl (C=O) groups excluding carboxylic acids is 2. The maximum atomic E-state index is 12.4. The SMILES string of the molecule is Cn1ccc(C(=O)N2CCN3C(=O)CCC3C2)cc1=O. The van der Waals surface area contributed by atoms with E-state index in [4.69, 9.17) is 0 Å². The fraction of sp³-hybridized carbons (Fsp3) is 0.500. The summed E-state index contributed by atoms with van der Waals surface area (Å²) < 4.78 is 1.43. The number of hydrogen-bond donors (Lipinski definition) is 0. The predicted molar refractivity (Wildman–Crippen MR) is 72.3 cm³/mol. The van der Waals surface area contributed by atoms with Gasteiger partial charge in [-0.25, -0.2) is 0 Å². The van der Waals surface area contributed by atoms with Crippen molar-refractivity contribution in [3.05, 3.63) is 34.2 Å². The zero-order valence-electron chi connectivity index (χ0n) is 11.4. The third kappa shape index (κ3) is 2.11. The van der Waals surface area contributed by atoms with Gasteiger partial charge in [0.15, 0.2) is 0 Å². The average molecular weight is 275 g/mol. The van der Waals surface area contributed by atoms with E-state index in [0.717, 1.165) is 6.42 Å². The monoisotopic (exact) mass is 275 g/mol. The number of hydrogen-bond acceptors (Lipinski definition) is 3. The molecule has 2 aliphatic heterocycles. The Hall–Kier alpha value is -2.11. The molecular formula is C14H17N3O3. The summed E-state index contributed by atoms with van der Waals surface area (Å²) in [6, 6.07) is 3.18. The summed E-state index contributed by atoms with van der Waals surface area (Å²) in [6.07, 6.45) is 3.00. The Morgan fingerprint density at radius 2 is 2.10 bits per heavy atom. The molecule has 3 rings (SSSR count). The highest BCUT2D eigenvalue weighted by Gasteiger charge is 2.37. The van der Waals surface area contributed by atoms with Crippen LogP contribution in [0.5, 0.6) is 0 Å². The van der Waals surface area contributed by atoms with Crippen molar-refractivity contribution in [3.8, 4) is 0 Å². The zero-order chi connectivity index (χ0) is 14.3. The van der Waals surface area contributed by atoms with Gasteiger partial charge in [0.25, 0.3) is 11.5 Å². The molecule has 2 saturated heterocycles. The normalized spacial score (nSPS) is 22.1. The Kier molecular flexibility index (Phi) is 3.08. The van der Waals surface area contributed by atoms with Gasteiger partial charge in [0.2, 0.25) is 5.91 Å². The lowest BCUT2D eigenvalue weighted by Crippen LogP contribution is -2.53. The number of aromatic nitrogens is 1. The minimum absolute atomic E-state index is 0.123. The van der Waals surface area contributed by atoms with E-state index >= 15 is 0 Å². The number of fused-ring (bicyclic) bond motifs is 1. The summed E-state index contributed by atoms with van der Waals surface area (Å²) in [5.41, 5.74) is 0.233. The van der Waals surface area contributed by atoms with E-state index in [9.17, 15) is 14.4 Å². The van der Waals surface area contributed by atoms with E-state index in [2.05, 4.69) is 0 Å². The lowest BCUT2D eigenvalue weighted by Gasteiger charge is -2.37. The molecule has 2 amide bonds. The van der Waals surface area contributed by atoms with Crippen LogP contribution in [0.15, 0.2) is 23.1 Å². The zero-order valence-corrected chi connectivity index (χ0v) is 11.4. The molecule has 0 spiro atoms. The van der Waals surface area contributed by atoms with Crippen LogP contribution in [0.3, 0.4) is 0 Å². The van der Waals surface area contributed by atoms with Gasteiger partial charge in [0.1, 0.15) is 0 Å². The maximum Gasteiger partial charge on any atom is 0.254 e. The van der Waals surface area contributed by atoms with Crippen LogP contribution >= 0.6 is 0 Å². The van der Waals surface area contributed by atoms with Gasteiger partial charge in [-0.05, 0) is 12.5 Å². The van der Waals surface area contributed by atoms with Gasteiger partial charge in [-0.2, -0.15) is 0 Å². The molecule has 106 valence electrons. The molecule has 0 aromatic carbocycles. The molecule has 20 heavy (non-hydrogen) atoms. The number of pyridine rings is 1. The maximum absolute atomic E-state index is 12.4. The van der Waals surface area contributed by atoms with Crippen molar-refractivity contribution in [2.75, 3.05) is 19.6 Å². The molecular weight excluding hydrogens is 258 g/mol. The van der Waals surface area contributed by atoms with Crippen LogP contribution in [0.25, 0.3) is 0 Å². The van der Waals surface area contributed by atoms with Gasteiger partial charge < -0.3 is 14.4 Å². The van der Waals surface area contributed by atoms with Crippen LogP contribution in [0.4, 0.5) is 0 Å².